The normalized spacial score (nSPS) is 20.8. The van der Waals surface area contributed by atoms with Crippen molar-refractivity contribution in [1.82, 2.24) is 0 Å². The van der Waals surface area contributed by atoms with Crippen LogP contribution in [-0.2, 0) is 10.0 Å². The lowest BCUT2D eigenvalue weighted by molar-refractivity contribution is 0.596. The lowest BCUT2D eigenvalue weighted by Crippen LogP contribution is -2.30. The largest absolute Gasteiger partial charge is 0.396 e. The number of rotatable bonds is 0. The third-order valence-corrected chi connectivity index (χ3v) is 4.30. The molecule has 2 heterocycles. The van der Waals surface area contributed by atoms with Crippen molar-refractivity contribution in [2.45, 2.75) is 17.7 Å². The highest BCUT2D eigenvalue weighted by Crippen LogP contribution is 2.37. The van der Waals surface area contributed by atoms with Crippen LogP contribution in [0.25, 0.3) is 0 Å². The van der Waals surface area contributed by atoms with E-state index in [0.29, 0.717) is 24.5 Å². The van der Waals surface area contributed by atoms with Crippen LogP contribution in [0.1, 0.15) is 12.8 Å². The summed E-state index contributed by atoms with van der Waals surface area (Å²) in [5.41, 5.74) is 5.57. The zero-order valence-electron chi connectivity index (χ0n) is 8.85. The Hall–Kier alpha value is -1.63. The first-order chi connectivity index (χ1) is 7.99. The van der Waals surface area contributed by atoms with Crippen molar-refractivity contribution in [2.24, 2.45) is 4.40 Å². The fourth-order valence-corrected chi connectivity index (χ4v) is 3.45. The van der Waals surface area contributed by atoms with Gasteiger partial charge in [0.15, 0.2) is 0 Å². The molecule has 0 spiro atoms. The Labute approximate surface area is 97.8 Å². The summed E-state index contributed by atoms with van der Waals surface area (Å²) in [5.74, 6) is -0.117. The van der Waals surface area contributed by atoms with Crippen LogP contribution in [0.2, 0.25) is 0 Å². The Morgan fingerprint density at radius 1 is 1.41 bits per heavy atom. The standard InChI is InChI=1S/C10H10FN3O2S/c11-6-4-8-9(5-7(6)12)17(15,16)13-10-2-1-3-14(8)10/h4-5H,1-3,12H2. The average Bonchev–Trinajstić information content (AvgIpc) is 2.68. The van der Waals surface area contributed by atoms with Crippen LogP contribution in [0.15, 0.2) is 21.4 Å². The van der Waals surface area contributed by atoms with Crippen LogP contribution in [-0.4, -0.2) is 20.8 Å². The molecule has 0 atom stereocenters. The zero-order chi connectivity index (χ0) is 12.2. The number of sulfonamides is 1. The Morgan fingerprint density at radius 3 is 2.94 bits per heavy atom. The molecule has 7 heteroatoms. The number of nitrogens with zero attached hydrogens (tertiary/aromatic N) is 2. The monoisotopic (exact) mass is 255 g/mol. The van der Waals surface area contributed by atoms with Crippen molar-refractivity contribution in [1.29, 1.82) is 0 Å². The number of hydrogen-bond donors (Lipinski definition) is 1. The third-order valence-electron chi connectivity index (χ3n) is 2.97. The maximum Gasteiger partial charge on any atom is 0.286 e. The molecule has 0 aromatic heterocycles. The molecule has 0 saturated carbocycles. The van der Waals surface area contributed by atoms with Gasteiger partial charge in [-0.1, -0.05) is 0 Å². The van der Waals surface area contributed by atoms with E-state index in [-0.39, 0.29) is 10.6 Å². The number of benzene rings is 1. The van der Waals surface area contributed by atoms with E-state index in [9.17, 15) is 12.8 Å². The van der Waals surface area contributed by atoms with Crippen LogP contribution < -0.4 is 10.6 Å². The van der Waals surface area contributed by atoms with E-state index in [1.807, 2.05) is 0 Å². The van der Waals surface area contributed by atoms with Crippen molar-refractivity contribution in [3.8, 4) is 0 Å². The van der Waals surface area contributed by atoms with Gasteiger partial charge in [0.2, 0.25) is 0 Å². The van der Waals surface area contributed by atoms with Gasteiger partial charge < -0.3 is 10.6 Å². The Kier molecular flexibility index (Phi) is 1.97. The van der Waals surface area contributed by atoms with E-state index in [1.54, 1.807) is 4.90 Å². The first-order valence-corrected chi connectivity index (χ1v) is 6.63. The SMILES string of the molecule is Nc1cc2c(cc1F)N1CCCC1=NS2(=O)=O. The minimum absolute atomic E-state index is 0.0120. The van der Waals surface area contributed by atoms with Gasteiger partial charge in [-0.2, -0.15) is 8.42 Å². The van der Waals surface area contributed by atoms with Gasteiger partial charge in [-0.25, -0.2) is 4.39 Å². The van der Waals surface area contributed by atoms with Gasteiger partial charge in [0, 0.05) is 19.0 Å². The van der Waals surface area contributed by atoms with Gasteiger partial charge >= 0.3 is 0 Å². The van der Waals surface area contributed by atoms with E-state index >= 15 is 0 Å². The lowest BCUT2D eigenvalue weighted by atomic mass is 10.2. The zero-order valence-corrected chi connectivity index (χ0v) is 9.67. The molecular formula is C10H10FN3O2S. The molecule has 2 aliphatic heterocycles. The number of anilines is 2. The van der Waals surface area contributed by atoms with Crippen molar-refractivity contribution in [2.75, 3.05) is 17.2 Å². The second-order valence-electron chi connectivity index (χ2n) is 4.08. The van der Waals surface area contributed by atoms with Crippen molar-refractivity contribution >= 4 is 27.2 Å². The molecule has 5 nitrogen and oxygen atoms in total. The predicted octanol–water partition coefficient (Wildman–Crippen LogP) is 1.11. The van der Waals surface area contributed by atoms with Crippen LogP contribution in [0.3, 0.4) is 0 Å². The molecule has 1 aromatic carbocycles. The summed E-state index contributed by atoms with van der Waals surface area (Å²) in [6, 6.07) is 2.31. The minimum Gasteiger partial charge on any atom is -0.396 e. The Bertz CT molecular complexity index is 639. The molecule has 17 heavy (non-hydrogen) atoms. The Morgan fingerprint density at radius 2 is 2.18 bits per heavy atom. The summed E-state index contributed by atoms with van der Waals surface area (Å²) in [6.45, 7) is 0.657. The minimum atomic E-state index is -3.74. The first kappa shape index (κ1) is 10.5. The number of hydrogen-bond acceptors (Lipinski definition) is 4. The maximum absolute atomic E-state index is 13.4. The van der Waals surface area contributed by atoms with Crippen molar-refractivity contribution in [3.05, 3.63) is 17.9 Å². The molecule has 0 bridgehead atoms. The number of nitrogen functional groups attached to an aromatic ring is 1. The molecule has 0 aliphatic carbocycles. The third kappa shape index (κ3) is 1.42. The summed E-state index contributed by atoms with van der Waals surface area (Å²) in [7, 11) is -3.74. The predicted molar refractivity (Wildman–Crippen MR) is 62.0 cm³/mol. The molecule has 1 fully saturated rings. The molecule has 2 aliphatic rings. The van der Waals surface area contributed by atoms with Crippen LogP contribution in [0.5, 0.6) is 0 Å². The highest BCUT2D eigenvalue weighted by Gasteiger charge is 2.34. The highest BCUT2D eigenvalue weighted by molar-refractivity contribution is 7.90. The van der Waals surface area contributed by atoms with E-state index in [0.717, 1.165) is 12.5 Å². The fourth-order valence-electron chi connectivity index (χ4n) is 2.18. The lowest BCUT2D eigenvalue weighted by Gasteiger charge is -2.25. The Balaban J connectivity index is 2.33. The number of nitrogens with two attached hydrogens (primary N) is 1. The molecule has 2 N–H and O–H groups in total. The highest BCUT2D eigenvalue weighted by atomic mass is 32.2. The van der Waals surface area contributed by atoms with E-state index in [2.05, 4.69) is 4.40 Å². The number of fused-ring (bicyclic) bond motifs is 3. The first-order valence-electron chi connectivity index (χ1n) is 5.19. The van der Waals surface area contributed by atoms with Gasteiger partial charge in [0.25, 0.3) is 10.0 Å². The smallest absolute Gasteiger partial charge is 0.286 e. The second kappa shape index (κ2) is 3.19. The molecule has 1 saturated heterocycles. The molecule has 3 rings (SSSR count). The number of amidine groups is 1. The van der Waals surface area contributed by atoms with Gasteiger partial charge in [0.1, 0.15) is 16.5 Å². The number of halogens is 1. The summed E-state index contributed by atoms with van der Waals surface area (Å²) in [6.07, 6.45) is 1.42. The molecule has 0 radical (unpaired) electrons. The molecule has 90 valence electrons. The molecule has 1 aromatic rings. The van der Waals surface area contributed by atoms with E-state index in [1.165, 1.54) is 6.07 Å². The maximum atomic E-state index is 13.4. The van der Waals surface area contributed by atoms with Crippen LogP contribution >= 0.6 is 0 Å². The average molecular weight is 255 g/mol. The van der Waals surface area contributed by atoms with Gasteiger partial charge in [-0.05, 0) is 12.5 Å². The summed E-state index contributed by atoms with van der Waals surface area (Å²) in [4.78, 5) is 1.72. The van der Waals surface area contributed by atoms with Crippen LogP contribution in [0, 0.1) is 5.82 Å². The molecule has 0 amide bonds. The van der Waals surface area contributed by atoms with Gasteiger partial charge in [-0.15, -0.1) is 4.40 Å². The summed E-state index contributed by atoms with van der Waals surface area (Å²) < 4.78 is 40.9. The van der Waals surface area contributed by atoms with Crippen molar-refractivity contribution < 1.29 is 12.8 Å². The fraction of sp³-hybridized carbons (Fsp3) is 0.300. The van der Waals surface area contributed by atoms with Crippen molar-refractivity contribution in [3.63, 3.8) is 0 Å². The quantitative estimate of drug-likeness (QED) is 0.704. The summed E-state index contributed by atoms with van der Waals surface area (Å²) >= 11 is 0. The van der Waals surface area contributed by atoms with Gasteiger partial charge in [0.05, 0.1) is 11.4 Å². The van der Waals surface area contributed by atoms with E-state index < -0.39 is 15.8 Å². The summed E-state index contributed by atoms with van der Waals surface area (Å²) in [5, 5.41) is 0. The van der Waals surface area contributed by atoms with Crippen LogP contribution in [0.4, 0.5) is 15.8 Å². The van der Waals surface area contributed by atoms with Gasteiger partial charge in [-0.3, -0.25) is 0 Å². The van der Waals surface area contributed by atoms with E-state index in [4.69, 9.17) is 5.73 Å². The second-order valence-corrected chi connectivity index (χ2v) is 5.65. The molecule has 0 unspecified atom stereocenters. The molecular weight excluding hydrogens is 245 g/mol. The topological polar surface area (TPSA) is 75.8 Å².